The lowest BCUT2D eigenvalue weighted by molar-refractivity contribution is 0.0888. The van der Waals surface area contributed by atoms with Crippen molar-refractivity contribution in [2.45, 2.75) is 69.9 Å². The van der Waals surface area contributed by atoms with E-state index in [1.54, 1.807) is 0 Å². The second-order valence-electron chi connectivity index (χ2n) is 9.49. The third-order valence-electron chi connectivity index (χ3n) is 7.42. The number of hydrogen-bond acceptors (Lipinski definition) is 5. The van der Waals surface area contributed by atoms with Crippen molar-refractivity contribution in [3.05, 3.63) is 47.9 Å². The summed E-state index contributed by atoms with van der Waals surface area (Å²) < 4.78 is 13.7. The molecule has 0 unspecified atom stereocenters. The Kier molecular flexibility index (Phi) is 4.72. The predicted octanol–water partition coefficient (Wildman–Crippen LogP) is 5.01. The van der Waals surface area contributed by atoms with Gasteiger partial charge in [-0.3, -0.25) is 4.98 Å². The van der Waals surface area contributed by atoms with Crippen molar-refractivity contribution in [3.63, 3.8) is 0 Å². The van der Waals surface area contributed by atoms with E-state index in [0.29, 0.717) is 0 Å². The third kappa shape index (κ3) is 3.20. The van der Waals surface area contributed by atoms with E-state index in [2.05, 4.69) is 28.8 Å². The number of hydrogen-bond donors (Lipinski definition) is 1. The first-order valence-electron chi connectivity index (χ1n) is 11.8. The molecule has 1 fully saturated rings. The van der Waals surface area contributed by atoms with Gasteiger partial charge in [0.05, 0.1) is 17.5 Å². The lowest BCUT2D eigenvalue weighted by Gasteiger charge is -2.37. The summed E-state index contributed by atoms with van der Waals surface area (Å²) >= 11 is 0. The molecule has 2 aliphatic heterocycles. The van der Waals surface area contributed by atoms with Crippen LogP contribution in [0.25, 0.3) is 22.6 Å². The van der Waals surface area contributed by atoms with Gasteiger partial charge in [-0.15, -0.1) is 0 Å². The van der Waals surface area contributed by atoms with Crippen LogP contribution in [0, 0.1) is 6.92 Å². The zero-order valence-electron chi connectivity index (χ0n) is 18.5. The SMILES string of the molecule is Cc1cccc(-c2nc3n(c2-c2ccc4c(c2)OCO4)CCCC[C@]32CC[C@@H](O)CC2)n1. The minimum absolute atomic E-state index is 0.0306. The molecule has 6 heteroatoms. The van der Waals surface area contributed by atoms with E-state index in [1.807, 2.05) is 19.1 Å². The van der Waals surface area contributed by atoms with E-state index in [1.165, 1.54) is 12.2 Å². The first-order valence-corrected chi connectivity index (χ1v) is 11.8. The predicted molar refractivity (Wildman–Crippen MR) is 122 cm³/mol. The molecular formula is C26H29N3O3. The Balaban J connectivity index is 1.58. The summed E-state index contributed by atoms with van der Waals surface area (Å²) in [5, 5.41) is 10.2. The van der Waals surface area contributed by atoms with Crippen LogP contribution in [-0.2, 0) is 12.0 Å². The van der Waals surface area contributed by atoms with E-state index in [-0.39, 0.29) is 18.3 Å². The smallest absolute Gasteiger partial charge is 0.231 e. The van der Waals surface area contributed by atoms with Gasteiger partial charge in [0.25, 0.3) is 0 Å². The van der Waals surface area contributed by atoms with E-state index in [9.17, 15) is 5.11 Å². The van der Waals surface area contributed by atoms with Crippen molar-refractivity contribution in [2.75, 3.05) is 6.79 Å². The van der Waals surface area contributed by atoms with E-state index in [4.69, 9.17) is 19.4 Å². The fraction of sp³-hybridized carbons (Fsp3) is 0.462. The Bertz CT molecular complexity index is 1160. The highest BCUT2D eigenvalue weighted by molar-refractivity contribution is 5.79. The summed E-state index contributed by atoms with van der Waals surface area (Å²) in [6.07, 6.45) is 6.97. The van der Waals surface area contributed by atoms with Crippen LogP contribution in [0.2, 0.25) is 0 Å². The maximum Gasteiger partial charge on any atom is 0.231 e. The van der Waals surface area contributed by atoms with Gasteiger partial charge in [0.2, 0.25) is 6.79 Å². The van der Waals surface area contributed by atoms with Gasteiger partial charge in [0.15, 0.2) is 11.5 Å². The number of aliphatic hydroxyl groups excluding tert-OH is 1. The molecule has 1 spiro atoms. The molecule has 6 nitrogen and oxygen atoms in total. The average molecular weight is 432 g/mol. The van der Waals surface area contributed by atoms with Crippen LogP contribution in [0.1, 0.15) is 56.5 Å². The van der Waals surface area contributed by atoms with Crippen molar-refractivity contribution in [1.82, 2.24) is 14.5 Å². The zero-order valence-corrected chi connectivity index (χ0v) is 18.5. The maximum atomic E-state index is 10.2. The quantitative estimate of drug-likeness (QED) is 0.618. The van der Waals surface area contributed by atoms with Gasteiger partial charge >= 0.3 is 0 Å². The molecule has 1 aliphatic carbocycles. The monoisotopic (exact) mass is 431 g/mol. The number of aryl methyl sites for hydroxylation is 1. The molecule has 6 rings (SSSR count). The minimum Gasteiger partial charge on any atom is -0.454 e. The van der Waals surface area contributed by atoms with Gasteiger partial charge in [0.1, 0.15) is 11.5 Å². The molecule has 4 heterocycles. The standard InChI is InChI=1S/C26H29N3O3/c1-17-5-4-6-20(27-17)23-24(18-7-8-21-22(15-18)32-16-31-21)29-14-3-2-11-26(25(29)28-23)12-9-19(30)10-13-26/h4-8,15,19,30H,2-3,9-14,16H2,1H3/t19-,26-. The van der Waals surface area contributed by atoms with E-state index < -0.39 is 0 Å². The number of rotatable bonds is 2. The molecule has 0 saturated heterocycles. The largest absolute Gasteiger partial charge is 0.454 e. The molecule has 1 aromatic carbocycles. The number of pyridine rings is 1. The minimum atomic E-state index is -0.182. The first kappa shape index (κ1) is 19.8. The molecule has 1 saturated carbocycles. The highest BCUT2D eigenvalue weighted by atomic mass is 16.7. The Morgan fingerprint density at radius 1 is 1.00 bits per heavy atom. The van der Waals surface area contributed by atoms with Crippen LogP contribution >= 0.6 is 0 Å². The second kappa shape index (κ2) is 7.62. The van der Waals surface area contributed by atoms with Crippen molar-refractivity contribution >= 4 is 0 Å². The van der Waals surface area contributed by atoms with E-state index in [0.717, 1.165) is 84.9 Å². The number of nitrogens with zero attached hydrogens (tertiary/aromatic N) is 3. The normalized spacial score (nSPS) is 24.4. The van der Waals surface area contributed by atoms with Crippen molar-refractivity contribution in [1.29, 1.82) is 0 Å². The summed E-state index contributed by atoms with van der Waals surface area (Å²) in [6.45, 7) is 3.23. The number of aromatic nitrogens is 3. The highest BCUT2D eigenvalue weighted by Crippen LogP contribution is 2.48. The summed E-state index contributed by atoms with van der Waals surface area (Å²) in [4.78, 5) is 10.2. The number of imidazole rings is 1. The van der Waals surface area contributed by atoms with Crippen molar-refractivity contribution in [2.24, 2.45) is 0 Å². The molecule has 0 radical (unpaired) electrons. The lowest BCUT2D eigenvalue weighted by Crippen LogP contribution is -2.35. The van der Waals surface area contributed by atoms with Gasteiger partial charge in [-0.2, -0.15) is 0 Å². The topological polar surface area (TPSA) is 69.4 Å². The van der Waals surface area contributed by atoms with Crippen molar-refractivity contribution in [3.8, 4) is 34.1 Å². The molecule has 1 N–H and O–H groups in total. The fourth-order valence-corrected chi connectivity index (χ4v) is 5.74. The van der Waals surface area contributed by atoms with Crippen LogP contribution < -0.4 is 9.47 Å². The molecule has 0 amide bonds. The second-order valence-corrected chi connectivity index (χ2v) is 9.49. The molecule has 0 bridgehead atoms. The zero-order chi connectivity index (χ0) is 21.7. The average Bonchev–Trinajstić information content (AvgIpc) is 3.39. The number of ether oxygens (including phenoxy) is 2. The van der Waals surface area contributed by atoms with Gasteiger partial charge < -0.3 is 19.1 Å². The lowest BCUT2D eigenvalue weighted by atomic mass is 9.70. The Hall–Kier alpha value is -2.86. The Labute approximate surface area is 188 Å². The van der Waals surface area contributed by atoms with Crippen LogP contribution in [0.3, 0.4) is 0 Å². The molecule has 0 atom stereocenters. The highest BCUT2D eigenvalue weighted by Gasteiger charge is 2.42. The van der Waals surface area contributed by atoms with Crippen LogP contribution in [0.5, 0.6) is 11.5 Å². The summed E-state index contributed by atoms with van der Waals surface area (Å²) in [7, 11) is 0. The summed E-state index contributed by atoms with van der Waals surface area (Å²) in [5.41, 5.74) is 5.06. The molecule has 3 aliphatic rings. The van der Waals surface area contributed by atoms with Crippen LogP contribution in [-0.4, -0.2) is 32.5 Å². The summed E-state index contributed by atoms with van der Waals surface area (Å²) in [6, 6.07) is 12.3. The maximum absolute atomic E-state index is 10.2. The van der Waals surface area contributed by atoms with Gasteiger partial charge in [-0.05, 0) is 75.8 Å². The van der Waals surface area contributed by atoms with E-state index >= 15 is 0 Å². The van der Waals surface area contributed by atoms with Crippen LogP contribution in [0.15, 0.2) is 36.4 Å². The first-order chi connectivity index (χ1) is 15.6. The summed E-state index contributed by atoms with van der Waals surface area (Å²) in [5.74, 6) is 2.75. The number of aliphatic hydroxyl groups is 1. The molecule has 166 valence electrons. The van der Waals surface area contributed by atoms with Crippen molar-refractivity contribution < 1.29 is 14.6 Å². The fourth-order valence-electron chi connectivity index (χ4n) is 5.74. The molecule has 3 aromatic rings. The van der Waals surface area contributed by atoms with Gasteiger partial charge in [-0.1, -0.05) is 12.5 Å². The van der Waals surface area contributed by atoms with Gasteiger partial charge in [-0.25, -0.2) is 4.98 Å². The number of fused-ring (bicyclic) bond motifs is 3. The van der Waals surface area contributed by atoms with Crippen LogP contribution in [0.4, 0.5) is 0 Å². The Morgan fingerprint density at radius 2 is 1.84 bits per heavy atom. The third-order valence-corrected chi connectivity index (χ3v) is 7.42. The molecule has 2 aromatic heterocycles. The van der Waals surface area contributed by atoms with Gasteiger partial charge in [0, 0.05) is 23.2 Å². The molecular weight excluding hydrogens is 402 g/mol. The number of benzene rings is 1. The Morgan fingerprint density at radius 3 is 2.69 bits per heavy atom. The molecule has 32 heavy (non-hydrogen) atoms.